The minimum absolute atomic E-state index is 0.124. The molecule has 0 spiro atoms. The molecule has 1 fully saturated rings. The van der Waals surface area contributed by atoms with E-state index in [1.165, 1.54) is 6.33 Å². The molecule has 0 saturated carbocycles. The van der Waals surface area contributed by atoms with Crippen LogP contribution in [0.1, 0.15) is 0 Å². The minimum atomic E-state index is -4.12. The number of rotatable bonds is 4. The van der Waals surface area contributed by atoms with Gasteiger partial charge in [-0.3, -0.25) is 0 Å². The lowest BCUT2D eigenvalue weighted by atomic mass is 10.3. The molecule has 1 saturated heterocycles. The largest absolute Gasteiger partial charge is 0.354 e. The second-order valence-corrected chi connectivity index (χ2v) is 8.06. The van der Waals surface area contributed by atoms with Crippen LogP contribution in [0.3, 0.4) is 0 Å². The highest BCUT2D eigenvalue weighted by Gasteiger charge is 2.31. The molecule has 146 valence electrons. The maximum atomic E-state index is 13.9. The van der Waals surface area contributed by atoms with Crippen LogP contribution in [-0.4, -0.2) is 58.7 Å². The average molecular weight is 406 g/mol. The molecule has 0 bridgehead atoms. The maximum absolute atomic E-state index is 13.9. The molecule has 1 aromatic carbocycles. The van der Waals surface area contributed by atoms with Gasteiger partial charge in [-0.15, -0.1) is 0 Å². The van der Waals surface area contributed by atoms with Crippen LogP contribution in [0, 0.1) is 11.6 Å². The van der Waals surface area contributed by atoms with E-state index in [1.54, 1.807) is 29.2 Å². The Morgan fingerprint density at radius 2 is 1.71 bits per heavy atom. The summed E-state index contributed by atoms with van der Waals surface area (Å²) in [6, 6.07) is 5.94. The maximum Gasteiger partial charge on any atom is 0.246 e. The van der Waals surface area contributed by atoms with Gasteiger partial charge in [0.2, 0.25) is 10.0 Å². The number of hydrogen-bond acceptors (Lipinski definition) is 6. The summed E-state index contributed by atoms with van der Waals surface area (Å²) in [6.45, 7) is 0.955. The average Bonchev–Trinajstić information content (AvgIpc) is 3.25. The minimum Gasteiger partial charge on any atom is -0.354 e. The van der Waals surface area contributed by atoms with Gasteiger partial charge in [0, 0.05) is 44.6 Å². The molecular formula is C17H16F2N6O2S. The van der Waals surface area contributed by atoms with Gasteiger partial charge in [-0.05, 0) is 24.3 Å². The normalized spacial score (nSPS) is 15.7. The number of anilines is 1. The molecule has 28 heavy (non-hydrogen) atoms. The van der Waals surface area contributed by atoms with Crippen molar-refractivity contribution in [1.29, 1.82) is 0 Å². The number of benzene rings is 1. The van der Waals surface area contributed by atoms with Gasteiger partial charge in [-0.2, -0.15) is 9.40 Å². The Hall–Kier alpha value is -2.92. The van der Waals surface area contributed by atoms with E-state index in [9.17, 15) is 17.2 Å². The highest BCUT2D eigenvalue weighted by Crippen LogP contribution is 2.23. The Morgan fingerprint density at radius 1 is 0.964 bits per heavy atom. The van der Waals surface area contributed by atoms with E-state index in [0.29, 0.717) is 30.8 Å². The van der Waals surface area contributed by atoms with Crippen molar-refractivity contribution in [3.8, 4) is 5.82 Å². The summed E-state index contributed by atoms with van der Waals surface area (Å²) in [5, 5.41) is 4.12. The zero-order valence-electron chi connectivity index (χ0n) is 14.6. The molecular weight excluding hydrogens is 390 g/mol. The highest BCUT2D eigenvalue weighted by atomic mass is 32.2. The topological polar surface area (TPSA) is 84.2 Å². The van der Waals surface area contributed by atoms with E-state index in [1.807, 2.05) is 4.90 Å². The molecule has 3 heterocycles. The van der Waals surface area contributed by atoms with Crippen LogP contribution in [0.25, 0.3) is 5.82 Å². The fourth-order valence-corrected chi connectivity index (χ4v) is 4.51. The number of halogens is 2. The van der Waals surface area contributed by atoms with Crippen LogP contribution in [0.4, 0.5) is 14.6 Å². The van der Waals surface area contributed by atoms with Crippen LogP contribution in [-0.2, 0) is 10.0 Å². The van der Waals surface area contributed by atoms with E-state index in [0.717, 1.165) is 16.4 Å². The lowest BCUT2D eigenvalue weighted by Crippen LogP contribution is -2.49. The molecule has 1 aliphatic rings. The lowest BCUT2D eigenvalue weighted by Gasteiger charge is -2.34. The van der Waals surface area contributed by atoms with Crippen molar-refractivity contribution < 1.29 is 17.2 Å². The van der Waals surface area contributed by atoms with Gasteiger partial charge in [-0.1, -0.05) is 0 Å². The third-order valence-electron chi connectivity index (χ3n) is 4.45. The van der Waals surface area contributed by atoms with E-state index in [-0.39, 0.29) is 13.1 Å². The van der Waals surface area contributed by atoms with Gasteiger partial charge in [0.05, 0.1) is 0 Å². The predicted molar refractivity (Wildman–Crippen MR) is 96.5 cm³/mol. The van der Waals surface area contributed by atoms with Gasteiger partial charge in [0.25, 0.3) is 0 Å². The number of nitrogens with zero attached hydrogens (tertiary/aromatic N) is 6. The summed E-state index contributed by atoms with van der Waals surface area (Å²) in [4.78, 5) is 9.66. The van der Waals surface area contributed by atoms with Crippen LogP contribution >= 0.6 is 0 Å². The summed E-state index contributed by atoms with van der Waals surface area (Å²) >= 11 is 0. The molecule has 0 atom stereocenters. The monoisotopic (exact) mass is 406 g/mol. The van der Waals surface area contributed by atoms with Gasteiger partial charge in [-0.25, -0.2) is 31.8 Å². The van der Waals surface area contributed by atoms with Crippen molar-refractivity contribution in [3.05, 3.63) is 60.7 Å². The SMILES string of the molecule is O=S(=O)(c1cc(F)ccc1F)N1CCN(c2cc(-n3cccn3)ncn2)CC1. The highest BCUT2D eigenvalue weighted by molar-refractivity contribution is 7.89. The first-order valence-corrected chi connectivity index (χ1v) is 9.91. The van der Waals surface area contributed by atoms with E-state index in [4.69, 9.17) is 0 Å². The van der Waals surface area contributed by atoms with Crippen LogP contribution in [0.5, 0.6) is 0 Å². The predicted octanol–water partition coefficient (Wildman–Crippen LogP) is 1.45. The number of hydrogen-bond donors (Lipinski definition) is 0. The summed E-state index contributed by atoms with van der Waals surface area (Å²) < 4.78 is 55.4. The van der Waals surface area contributed by atoms with Crippen molar-refractivity contribution >= 4 is 15.8 Å². The molecule has 1 aliphatic heterocycles. The van der Waals surface area contributed by atoms with E-state index in [2.05, 4.69) is 15.1 Å². The fourth-order valence-electron chi connectivity index (χ4n) is 3.01. The van der Waals surface area contributed by atoms with Crippen LogP contribution < -0.4 is 4.90 Å². The number of piperazine rings is 1. The van der Waals surface area contributed by atoms with Crippen molar-refractivity contribution in [2.24, 2.45) is 0 Å². The summed E-state index contributed by atoms with van der Waals surface area (Å²) in [6.07, 6.45) is 4.80. The Balaban J connectivity index is 1.51. The molecule has 11 heteroatoms. The molecule has 8 nitrogen and oxygen atoms in total. The third kappa shape index (κ3) is 3.45. The first-order chi connectivity index (χ1) is 13.4. The molecule has 0 radical (unpaired) electrons. The number of sulfonamides is 1. The summed E-state index contributed by atoms with van der Waals surface area (Å²) in [5.74, 6) is -0.546. The van der Waals surface area contributed by atoms with Gasteiger partial charge < -0.3 is 4.90 Å². The third-order valence-corrected chi connectivity index (χ3v) is 6.36. The zero-order chi connectivity index (χ0) is 19.7. The first-order valence-electron chi connectivity index (χ1n) is 8.47. The van der Waals surface area contributed by atoms with Crippen LogP contribution in [0.2, 0.25) is 0 Å². The van der Waals surface area contributed by atoms with Crippen LogP contribution in [0.15, 0.2) is 53.9 Å². The fraction of sp³-hybridized carbons (Fsp3) is 0.235. The Kier molecular flexibility index (Phi) is 4.77. The lowest BCUT2D eigenvalue weighted by molar-refractivity contribution is 0.381. The molecule has 0 unspecified atom stereocenters. The molecule has 3 aromatic rings. The Labute approximate surface area is 160 Å². The molecule has 0 N–H and O–H groups in total. The van der Waals surface area contributed by atoms with Gasteiger partial charge in [0.1, 0.15) is 28.7 Å². The Morgan fingerprint density at radius 3 is 2.43 bits per heavy atom. The summed E-state index contributed by atoms with van der Waals surface area (Å²) in [5.41, 5.74) is 0. The molecule has 2 aromatic heterocycles. The molecule has 4 rings (SSSR count). The quantitative estimate of drug-likeness (QED) is 0.652. The van der Waals surface area contributed by atoms with E-state index < -0.39 is 26.6 Å². The van der Waals surface area contributed by atoms with Crippen molar-refractivity contribution in [1.82, 2.24) is 24.1 Å². The number of aromatic nitrogens is 4. The first kappa shape index (κ1) is 18.4. The van der Waals surface area contributed by atoms with Gasteiger partial charge in [0.15, 0.2) is 5.82 Å². The van der Waals surface area contributed by atoms with Crippen molar-refractivity contribution in [2.75, 3.05) is 31.1 Å². The standard InChI is InChI=1S/C17H16F2N6O2S/c18-13-2-3-14(19)15(10-13)28(26,27)24-8-6-23(7-9-24)16-11-17(21-12-20-16)25-5-1-4-22-25/h1-5,10-12H,6-9H2. The Bertz CT molecular complexity index is 1080. The smallest absolute Gasteiger partial charge is 0.246 e. The molecule has 0 amide bonds. The zero-order valence-corrected chi connectivity index (χ0v) is 15.4. The van der Waals surface area contributed by atoms with Gasteiger partial charge >= 0.3 is 0 Å². The summed E-state index contributed by atoms with van der Waals surface area (Å²) in [7, 11) is -4.12. The second kappa shape index (κ2) is 7.24. The molecule has 0 aliphatic carbocycles. The van der Waals surface area contributed by atoms with E-state index >= 15 is 0 Å². The van der Waals surface area contributed by atoms with Crippen molar-refractivity contribution in [3.63, 3.8) is 0 Å². The van der Waals surface area contributed by atoms with Crippen molar-refractivity contribution in [2.45, 2.75) is 4.90 Å². The second-order valence-electron chi connectivity index (χ2n) is 6.15.